The van der Waals surface area contributed by atoms with Crippen molar-refractivity contribution in [2.45, 2.75) is 32.6 Å². The number of amides is 1. The third-order valence-electron chi connectivity index (χ3n) is 3.84. The molecule has 0 saturated heterocycles. The number of rotatable bonds is 5. The molecule has 0 bridgehead atoms. The molecule has 4 nitrogen and oxygen atoms in total. The maximum atomic E-state index is 12.0. The third kappa shape index (κ3) is 3.77. The number of benzene rings is 1. The molecule has 3 rings (SSSR count). The number of nitrogens with one attached hydrogen (secondary N) is 1. The highest BCUT2D eigenvalue weighted by Gasteiger charge is 2.19. The first kappa shape index (κ1) is 15.3. The van der Waals surface area contributed by atoms with E-state index in [0.717, 1.165) is 17.7 Å². The average Bonchev–Trinajstić information content (AvgIpc) is 3.16. The Morgan fingerprint density at radius 2 is 1.96 bits per heavy atom. The molecular formula is C19H20N2O2. The minimum absolute atomic E-state index is 0.146. The van der Waals surface area contributed by atoms with Crippen molar-refractivity contribution in [2.24, 2.45) is 4.99 Å². The summed E-state index contributed by atoms with van der Waals surface area (Å²) >= 11 is 0. The van der Waals surface area contributed by atoms with E-state index >= 15 is 0 Å². The number of carbonyl (C=O) groups is 1. The van der Waals surface area contributed by atoms with Crippen LogP contribution in [0.3, 0.4) is 0 Å². The molecule has 1 aromatic carbocycles. The number of furan rings is 1. The van der Waals surface area contributed by atoms with Crippen LogP contribution in [0.5, 0.6) is 0 Å². The van der Waals surface area contributed by atoms with Gasteiger partial charge in [0.05, 0.1) is 6.26 Å². The van der Waals surface area contributed by atoms with Gasteiger partial charge < -0.3 is 9.73 Å². The van der Waals surface area contributed by atoms with Gasteiger partial charge in [0.15, 0.2) is 0 Å². The van der Waals surface area contributed by atoms with E-state index in [4.69, 9.17) is 4.42 Å². The molecule has 1 aliphatic heterocycles. The Balaban J connectivity index is 1.69. The summed E-state index contributed by atoms with van der Waals surface area (Å²) in [5.74, 6) is 1.94. The standard InChI is InChI=1S/C19H20N2O2/c1-13(2)15-7-5-14(6-8-15)12-17-19(22)21-18(20-17)10-9-16-4-3-11-23-16/h3-8,11-13H,9-10H2,1-2H3,(H,20,21,22)/b17-12+. The molecule has 118 valence electrons. The van der Waals surface area contributed by atoms with Crippen molar-refractivity contribution in [1.82, 2.24) is 5.32 Å². The molecule has 4 heteroatoms. The molecule has 1 aliphatic rings. The lowest BCUT2D eigenvalue weighted by atomic mass is 10.0. The highest BCUT2D eigenvalue weighted by Crippen LogP contribution is 2.18. The fraction of sp³-hybridized carbons (Fsp3) is 0.263. The van der Waals surface area contributed by atoms with Crippen molar-refractivity contribution in [3.63, 3.8) is 0 Å². The van der Waals surface area contributed by atoms with Crippen molar-refractivity contribution >= 4 is 17.8 Å². The Labute approximate surface area is 135 Å². The Hall–Kier alpha value is -2.62. The Morgan fingerprint density at radius 3 is 2.61 bits per heavy atom. The molecule has 1 N–H and O–H groups in total. The summed E-state index contributed by atoms with van der Waals surface area (Å²) in [5.41, 5.74) is 2.72. The van der Waals surface area contributed by atoms with Gasteiger partial charge in [-0.2, -0.15) is 0 Å². The minimum Gasteiger partial charge on any atom is -0.469 e. The maximum Gasteiger partial charge on any atom is 0.275 e. The highest BCUT2D eigenvalue weighted by molar-refractivity contribution is 6.14. The third-order valence-corrected chi connectivity index (χ3v) is 3.84. The number of aryl methyl sites for hydroxylation is 1. The largest absolute Gasteiger partial charge is 0.469 e. The molecule has 0 radical (unpaired) electrons. The van der Waals surface area contributed by atoms with Crippen LogP contribution in [-0.2, 0) is 11.2 Å². The van der Waals surface area contributed by atoms with Crippen molar-refractivity contribution in [2.75, 3.05) is 0 Å². The number of hydrogen-bond acceptors (Lipinski definition) is 3. The second-order valence-electron chi connectivity index (χ2n) is 5.94. The van der Waals surface area contributed by atoms with Crippen molar-refractivity contribution in [1.29, 1.82) is 0 Å². The topological polar surface area (TPSA) is 54.6 Å². The lowest BCUT2D eigenvalue weighted by molar-refractivity contribution is -0.115. The Kier molecular flexibility index (Phi) is 4.42. The fourth-order valence-electron chi connectivity index (χ4n) is 2.47. The van der Waals surface area contributed by atoms with Crippen LogP contribution in [0.1, 0.15) is 43.1 Å². The van der Waals surface area contributed by atoms with Gasteiger partial charge in [-0.25, -0.2) is 4.99 Å². The minimum atomic E-state index is -0.146. The van der Waals surface area contributed by atoms with Gasteiger partial charge in [0.1, 0.15) is 17.3 Å². The molecule has 1 aromatic heterocycles. The van der Waals surface area contributed by atoms with Crippen LogP contribution in [0.25, 0.3) is 6.08 Å². The first-order chi connectivity index (χ1) is 11.1. The van der Waals surface area contributed by atoms with Gasteiger partial charge in [-0.15, -0.1) is 0 Å². The van der Waals surface area contributed by atoms with E-state index in [-0.39, 0.29) is 5.91 Å². The van der Waals surface area contributed by atoms with Gasteiger partial charge in [-0.05, 0) is 35.3 Å². The molecule has 0 saturated carbocycles. The fourth-order valence-corrected chi connectivity index (χ4v) is 2.47. The first-order valence-electron chi connectivity index (χ1n) is 7.85. The van der Waals surface area contributed by atoms with Gasteiger partial charge in [0.2, 0.25) is 0 Å². The van der Waals surface area contributed by atoms with Gasteiger partial charge in [-0.1, -0.05) is 38.1 Å². The summed E-state index contributed by atoms with van der Waals surface area (Å²) in [6.07, 6.45) is 4.85. The molecule has 0 aliphatic carbocycles. The molecular weight excluding hydrogens is 288 g/mol. The molecule has 0 atom stereocenters. The van der Waals surface area contributed by atoms with E-state index in [2.05, 4.69) is 36.3 Å². The summed E-state index contributed by atoms with van der Waals surface area (Å²) < 4.78 is 5.29. The van der Waals surface area contributed by atoms with E-state index in [1.165, 1.54) is 5.56 Å². The molecule has 0 spiro atoms. The van der Waals surface area contributed by atoms with Crippen LogP contribution in [0.4, 0.5) is 0 Å². The first-order valence-corrected chi connectivity index (χ1v) is 7.85. The number of aliphatic imine (C=N–C) groups is 1. The molecule has 0 fully saturated rings. The normalized spacial score (nSPS) is 16.0. The van der Waals surface area contributed by atoms with Crippen molar-refractivity contribution in [3.05, 3.63) is 65.2 Å². The smallest absolute Gasteiger partial charge is 0.275 e. The summed E-state index contributed by atoms with van der Waals surface area (Å²) in [5, 5.41) is 2.82. The lowest BCUT2D eigenvalue weighted by Gasteiger charge is -2.04. The quantitative estimate of drug-likeness (QED) is 0.852. The summed E-state index contributed by atoms with van der Waals surface area (Å²) in [4.78, 5) is 16.4. The molecule has 23 heavy (non-hydrogen) atoms. The van der Waals surface area contributed by atoms with Crippen molar-refractivity contribution < 1.29 is 9.21 Å². The molecule has 2 aromatic rings. The second kappa shape index (κ2) is 6.65. The number of amidine groups is 1. The predicted molar refractivity (Wildman–Crippen MR) is 91.1 cm³/mol. The summed E-state index contributed by atoms with van der Waals surface area (Å²) in [7, 11) is 0. The molecule has 1 amide bonds. The van der Waals surface area contributed by atoms with Crippen LogP contribution >= 0.6 is 0 Å². The van der Waals surface area contributed by atoms with Crippen LogP contribution in [0.2, 0.25) is 0 Å². The maximum absolute atomic E-state index is 12.0. The second-order valence-corrected chi connectivity index (χ2v) is 5.94. The van der Waals surface area contributed by atoms with E-state index in [9.17, 15) is 4.79 Å². The number of nitrogens with zero attached hydrogens (tertiary/aromatic N) is 1. The number of hydrogen-bond donors (Lipinski definition) is 1. The zero-order valence-corrected chi connectivity index (χ0v) is 13.4. The highest BCUT2D eigenvalue weighted by atomic mass is 16.3. The van der Waals surface area contributed by atoms with Crippen molar-refractivity contribution in [3.8, 4) is 0 Å². The Morgan fingerprint density at radius 1 is 1.17 bits per heavy atom. The average molecular weight is 308 g/mol. The van der Waals surface area contributed by atoms with E-state index in [1.807, 2.05) is 30.3 Å². The van der Waals surface area contributed by atoms with Gasteiger partial charge in [-0.3, -0.25) is 4.79 Å². The van der Waals surface area contributed by atoms with E-state index < -0.39 is 0 Å². The molecule has 0 unspecified atom stereocenters. The summed E-state index contributed by atoms with van der Waals surface area (Å²) in [6, 6.07) is 12.0. The van der Waals surface area contributed by atoms with Gasteiger partial charge >= 0.3 is 0 Å². The number of carbonyl (C=O) groups excluding carboxylic acids is 1. The van der Waals surface area contributed by atoms with Gasteiger partial charge in [0, 0.05) is 12.8 Å². The zero-order chi connectivity index (χ0) is 16.2. The Bertz CT molecular complexity index is 738. The predicted octanol–water partition coefficient (Wildman–Crippen LogP) is 3.91. The molecule has 2 heterocycles. The van der Waals surface area contributed by atoms with Crippen LogP contribution < -0.4 is 5.32 Å². The van der Waals surface area contributed by atoms with E-state index in [1.54, 1.807) is 6.26 Å². The summed E-state index contributed by atoms with van der Waals surface area (Å²) in [6.45, 7) is 4.32. The zero-order valence-electron chi connectivity index (χ0n) is 13.4. The monoisotopic (exact) mass is 308 g/mol. The lowest BCUT2D eigenvalue weighted by Crippen LogP contribution is -2.24. The van der Waals surface area contributed by atoms with Gasteiger partial charge in [0.25, 0.3) is 5.91 Å². The SMILES string of the molecule is CC(C)c1ccc(/C=C2/N=C(CCc3ccco3)NC2=O)cc1. The van der Waals surface area contributed by atoms with E-state index in [0.29, 0.717) is 23.9 Å². The van der Waals surface area contributed by atoms with Crippen LogP contribution in [-0.4, -0.2) is 11.7 Å². The van der Waals surface area contributed by atoms with Crippen LogP contribution in [0.15, 0.2) is 57.8 Å². The van der Waals surface area contributed by atoms with Crippen LogP contribution in [0, 0.1) is 0 Å².